The number of aryl methyl sites for hydroxylation is 1. The van der Waals surface area contributed by atoms with Crippen molar-refractivity contribution in [2.75, 3.05) is 28.6 Å². The number of amides is 2. The van der Waals surface area contributed by atoms with Gasteiger partial charge in [-0.15, -0.1) is 0 Å². The molecule has 1 fully saturated rings. The van der Waals surface area contributed by atoms with Gasteiger partial charge in [-0.1, -0.05) is 6.07 Å². The van der Waals surface area contributed by atoms with Crippen LogP contribution in [0.5, 0.6) is 0 Å². The molecule has 4 aromatic heterocycles. The first kappa shape index (κ1) is 42.6. The van der Waals surface area contributed by atoms with Crippen molar-refractivity contribution in [3.8, 4) is 0 Å². The molecule has 4 aromatic rings. The van der Waals surface area contributed by atoms with Crippen molar-refractivity contribution < 1.29 is 52.8 Å². The molecule has 2 N–H and O–H groups in total. The van der Waals surface area contributed by atoms with Gasteiger partial charge in [0.1, 0.15) is 32.6 Å². The van der Waals surface area contributed by atoms with Crippen LogP contribution in [0.4, 0.5) is 43.8 Å². The van der Waals surface area contributed by atoms with E-state index in [9.17, 15) is 52.8 Å². The molecule has 296 valence electrons. The maximum atomic E-state index is 13.0. The van der Waals surface area contributed by atoms with Crippen LogP contribution in [0.15, 0.2) is 83.0 Å². The van der Waals surface area contributed by atoms with E-state index in [-0.39, 0.29) is 15.6 Å². The van der Waals surface area contributed by atoms with E-state index >= 15 is 0 Å². The second-order valence-corrected chi connectivity index (χ2v) is 18.1. The second kappa shape index (κ2) is 15.5. The van der Waals surface area contributed by atoms with E-state index in [0.717, 1.165) is 76.1 Å². The average molecular weight is 816 g/mol. The zero-order valence-corrected chi connectivity index (χ0v) is 31.5. The lowest BCUT2D eigenvalue weighted by Crippen LogP contribution is -2.45. The molecular formula is C34H35F6N7O6S2. The van der Waals surface area contributed by atoms with E-state index in [1.807, 2.05) is 10.2 Å². The van der Waals surface area contributed by atoms with E-state index in [0.29, 0.717) is 11.5 Å². The number of aromatic nitrogens is 4. The van der Waals surface area contributed by atoms with Crippen molar-refractivity contribution in [3.05, 3.63) is 90.1 Å². The minimum atomic E-state index is -4.75. The van der Waals surface area contributed by atoms with Crippen LogP contribution in [-0.2, 0) is 41.6 Å². The molecule has 0 spiro atoms. The summed E-state index contributed by atoms with van der Waals surface area (Å²) < 4.78 is 125. The second-order valence-electron chi connectivity index (χ2n) is 13.1. The fraction of sp³-hybridized carbons (Fsp3) is 0.353. The Kier molecular flexibility index (Phi) is 12.0. The molecule has 0 saturated carbocycles. The van der Waals surface area contributed by atoms with Crippen LogP contribution in [0.3, 0.4) is 0 Å². The Morgan fingerprint density at radius 1 is 0.691 bits per heavy atom. The summed E-state index contributed by atoms with van der Waals surface area (Å²) >= 11 is 0. The highest BCUT2D eigenvalue weighted by Crippen LogP contribution is 2.35. The molecule has 1 saturated heterocycles. The quantitative estimate of drug-likeness (QED) is 0.192. The maximum Gasteiger partial charge on any atom is 0.433 e. The molecule has 5 heterocycles. The number of nitrogens with zero attached hydrogens (tertiary/aromatic N) is 5. The smallest absolute Gasteiger partial charge is 0.356 e. The zero-order valence-electron chi connectivity index (χ0n) is 29.8. The molecule has 21 heteroatoms. The van der Waals surface area contributed by atoms with Crippen LogP contribution in [0.1, 0.15) is 51.1 Å². The first-order chi connectivity index (χ1) is 25.3. The van der Waals surface area contributed by atoms with Crippen molar-refractivity contribution in [1.82, 2.24) is 19.9 Å². The summed E-state index contributed by atoms with van der Waals surface area (Å²) in [5, 5.41) is 4.14. The van der Waals surface area contributed by atoms with Gasteiger partial charge in [0, 0.05) is 37.4 Å². The molecule has 1 aliphatic rings. The molecule has 55 heavy (non-hydrogen) atoms. The van der Waals surface area contributed by atoms with Crippen LogP contribution in [0, 0.1) is 6.92 Å². The molecule has 0 radical (unpaired) electrons. The third-order valence-corrected chi connectivity index (χ3v) is 13.3. The Balaban J connectivity index is 0.000000246. The summed E-state index contributed by atoms with van der Waals surface area (Å²) in [6, 6.07) is 10.5. The number of anilines is 3. The molecule has 2 amide bonds. The molecule has 13 nitrogen and oxygen atoms in total. The van der Waals surface area contributed by atoms with Gasteiger partial charge >= 0.3 is 12.4 Å². The third-order valence-electron chi connectivity index (χ3n) is 8.47. The molecule has 0 atom stereocenters. The number of pyridine rings is 4. The molecule has 0 aliphatic carbocycles. The Labute approximate surface area is 312 Å². The number of hydrogen-bond donors (Lipinski definition) is 2. The highest BCUT2D eigenvalue weighted by atomic mass is 32.2. The van der Waals surface area contributed by atoms with Gasteiger partial charge in [-0.05, 0) is 89.6 Å². The summed E-state index contributed by atoms with van der Waals surface area (Å²) in [7, 11) is -8.38. The predicted molar refractivity (Wildman–Crippen MR) is 188 cm³/mol. The highest BCUT2D eigenvalue weighted by molar-refractivity contribution is 7.94. The van der Waals surface area contributed by atoms with Gasteiger partial charge in [-0.2, -0.15) is 26.3 Å². The van der Waals surface area contributed by atoms with Crippen molar-refractivity contribution in [2.24, 2.45) is 0 Å². The Bertz CT molecular complexity index is 2260. The lowest BCUT2D eigenvalue weighted by Gasteiger charge is -2.32. The fourth-order valence-electron chi connectivity index (χ4n) is 4.63. The van der Waals surface area contributed by atoms with Gasteiger partial charge in [-0.25, -0.2) is 31.8 Å². The monoisotopic (exact) mass is 815 g/mol. The summed E-state index contributed by atoms with van der Waals surface area (Å²) in [4.78, 5) is 41.6. The van der Waals surface area contributed by atoms with E-state index in [1.54, 1.807) is 13.0 Å². The molecule has 1 aliphatic heterocycles. The van der Waals surface area contributed by atoms with Crippen LogP contribution < -0.4 is 15.5 Å². The molecule has 0 bridgehead atoms. The van der Waals surface area contributed by atoms with Crippen molar-refractivity contribution in [1.29, 1.82) is 0 Å². The standard InChI is InChI=1S/C18H19F3N4O3S.C16H16F3N3O3S/c1-17(2,16(26)24-14-6-3-5-13(23-14)18(19,20)21)29(27,28)12-7-8-15(22-11-12)25-9-4-10-25;1-10-6-7-11(9-21-10)26(24,25)15(2,3)14(23)22-13-12(16(17,18)19)5-4-8-20-13/h3,5-8,11H,4,9-10H2,1-2H3,(H,23,24,26);4-9H,1-3H3,(H,20,22,23). The van der Waals surface area contributed by atoms with Crippen LogP contribution in [-0.4, -0.2) is 71.2 Å². The number of hydrogen-bond acceptors (Lipinski definition) is 11. The minimum absolute atomic E-state index is 0.154. The number of nitrogens with one attached hydrogen (secondary N) is 2. The largest absolute Gasteiger partial charge is 0.433 e. The van der Waals surface area contributed by atoms with Crippen LogP contribution in [0.25, 0.3) is 0 Å². The molecule has 0 aromatic carbocycles. The van der Waals surface area contributed by atoms with Crippen LogP contribution >= 0.6 is 0 Å². The maximum absolute atomic E-state index is 13.0. The Morgan fingerprint density at radius 3 is 1.73 bits per heavy atom. The fourth-order valence-corrected chi connectivity index (χ4v) is 7.28. The first-order valence-corrected chi connectivity index (χ1v) is 19.1. The van der Waals surface area contributed by atoms with E-state index < -0.39 is 70.4 Å². The minimum Gasteiger partial charge on any atom is -0.356 e. The number of carbonyl (C=O) groups excluding carboxylic acids is 2. The van der Waals surface area contributed by atoms with E-state index in [1.165, 1.54) is 38.2 Å². The number of rotatable bonds is 9. The normalized spacial score (nSPS) is 13.9. The molecule has 0 unspecified atom stereocenters. The number of sulfone groups is 2. The van der Waals surface area contributed by atoms with Crippen molar-refractivity contribution in [3.63, 3.8) is 0 Å². The Morgan fingerprint density at radius 2 is 1.25 bits per heavy atom. The topological polar surface area (TPSA) is 181 Å². The SMILES string of the molecule is CC(C)(C(=O)Nc1cccc(C(F)(F)F)n1)S(=O)(=O)c1ccc(N2CCC2)nc1.Cc1ccc(S(=O)(=O)C(C)(C)C(=O)Nc2ncccc2C(F)(F)F)cn1. The Hall–Kier alpha value is -5.18. The van der Waals surface area contributed by atoms with Gasteiger partial charge in [-0.3, -0.25) is 14.6 Å². The van der Waals surface area contributed by atoms with Gasteiger partial charge in [0.2, 0.25) is 11.8 Å². The van der Waals surface area contributed by atoms with Gasteiger partial charge < -0.3 is 15.5 Å². The van der Waals surface area contributed by atoms with Gasteiger partial charge in [0.25, 0.3) is 0 Å². The number of halogens is 6. The zero-order chi connectivity index (χ0) is 41.2. The lowest BCUT2D eigenvalue weighted by molar-refractivity contribution is -0.141. The summed E-state index contributed by atoms with van der Waals surface area (Å²) in [5.41, 5.74) is -1.78. The van der Waals surface area contributed by atoms with E-state index in [2.05, 4.69) is 25.3 Å². The van der Waals surface area contributed by atoms with Crippen molar-refractivity contribution in [2.45, 2.75) is 72.7 Å². The summed E-state index contributed by atoms with van der Waals surface area (Å²) in [5.74, 6) is -2.64. The predicted octanol–water partition coefficient (Wildman–Crippen LogP) is 5.89. The summed E-state index contributed by atoms with van der Waals surface area (Å²) in [6.07, 6.45) is -5.05. The third kappa shape index (κ3) is 9.21. The highest BCUT2D eigenvalue weighted by Gasteiger charge is 2.45. The van der Waals surface area contributed by atoms with Crippen molar-refractivity contribution >= 4 is 48.9 Å². The lowest BCUT2D eigenvalue weighted by atomic mass is 10.2. The summed E-state index contributed by atoms with van der Waals surface area (Å²) in [6.45, 7) is 7.91. The van der Waals surface area contributed by atoms with Gasteiger partial charge in [0.05, 0.1) is 15.4 Å². The van der Waals surface area contributed by atoms with Crippen LogP contribution in [0.2, 0.25) is 0 Å². The average Bonchev–Trinajstić information content (AvgIpc) is 3.07. The van der Waals surface area contributed by atoms with E-state index in [4.69, 9.17) is 0 Å². The first-order valence-electron chi connectivity index (χ1n) is 16.1. The molecular weight excluding hydrogens is 781 g/mol. The van der Waals surface area contributed by atoms with Gasteiger partial charge in [0.15, 0.2) is 19.7 Å². The number of carbonyl (C=O) groups is 2. The number of alkyl halides is 6. The molecule has 5 rings (SSSR count).